The number of aliphatic hydroxyl groups excluding tert-OH is 1. The van der Waals surface area contributed by atoms with Gasteiger partial charge in [0.2, 0.25) is 0 Å². The first-order valence-corrected chi connectivity index (χ1v) is 12.2. The van der Waals surface area contributed by atoms with Crippen molar-refractivity contribution >= 4 is 10.1 Å². The van der Waals surface area contributed by atoms with Crippen LogP contribution < -0.4 is 0 Å². The van der Waals surface area contributed by atoms with Gasteiger partial charge in [0, 0.05) is 0 Å². The van der Waals surface area contributed by atoms with Gasteiger partial charge >= 0.3 is 0 Å². The summed E-state index contributed by atoms with van der Waals surface area (Å²) in [5.74, 6) is 0.936. The zero-order chi connectivity index (χ0) is 21.1. The van der Waals surface area contributed by atoms with Crippen molar-refractivity contribution in [1.29, 1.82) is 0 Å². The molecular weight excluding hydrogens is 372 g/mol. The molecule has 160 valence electrons. The van der Waals surface area contributed by atoms with E-state index in [1.807, 2.05) is 39.8 Å². The number of aliphatic hydroxyl groups is 1. The van der Waals surface area contributed by atoms with Gasteiger partial charge in [-0.05, 0) is 46.8 Å². The first-order chi connectivity index (χ1) is 13.0. The summed E-state index contributed by atoms with van der Waals surface area (Å²) < 4.78 is 31.7. The molecule has 0 heterocycles. The Bertz CT molecular complexity index is 715. The van der Waals surface area contributed by atoms with Crippen molar-refractivity contribution in [2.24, 2.45) is 5.92 Å². The summed E-state index contributed by atoms with van der Waals surface area (Å²) in [6, 6.07) is 4.01. The standard InChI is InChI=1S/C23H38O4S/c1-15(2)19-12-21(16(3)4)23(22(13-19)17(5)6)28(25,26)27-14-20(24)11-18-9-7-8-10-18/h12-13,15-18,20,24H,7-11,14H2,1-6H3. The van der Waals surface area contributed by atoms with E-state index in [-0.39, 0.29) is 18.4 Å². The molecule has 1 saturated carbocycles. The fourth-order valence-corrected chi connectivity index (χ4v) is 5.72. The Kier molecular flexibility index (Phi) is 8.12. The van der Waals surface area contributed by atoms with E-state index in [0.717, 1.165) is 29.5 Å². The lowest BCUT2D eigenvalue weighted by Crippen LogP contribution is -2.23. The van der Waals surface area contributed by atoms with Gasteiger partial charge in [0.05, 0.1) is 12.7 Å². The Hall–Kier alpha value is -0.910. The number of hydrogen-bond donors (Lipinski definition) is 1. The molecule has 0 aliphatic heterocycles. The lowest BCUT2D eigenvalue weighted by atomic mass is 9.89. The van der Waals surface area contributed by atoms with Crippen LogP contribution in [0.3, 0.4) is 0 Å². The van der Waals surface area contributed by atoms with Crippen LogP contribution in [0.4, 0.5) is 0 Å². The first kappa shape index (κ1) is 23.4. The second kappa shape index (κ2) is 9.73. The molecule has 1 atom stereocenters. The molecule has 4 nitrogen and oxygen atoms in total. The summed E-state index contributed by atoms with van der Waals surface area (Å²) in [5, 5.41) is 10.3. The highest BCUT2D eigenvalue weighted by molar-refractivity contribution is 7.86. The van der Waals surface area contributed by atoms with E-state index in [1.54, 1.807) is 0 Å². The summed E-state index contributed by atoms with van der Waals surface area (Å²) in [5.41, 5.74) is 2.76. The Morgan fingerprint density at radius 1 is 0.964 bits per heavy atom. The second-order valence-corrected chi connectivity index (χ2v) is 10.8. The monoisotopic (exact) mass is 410 g/mol. The summed E-state index contributed by atoms with van der Waals surface area (Å²) in [7, 11) is -3.94. The zero-order valence-electron chi connectivity index (χ0n) is 18.4. The van der Waals surface area contributed by atoms with Crippen LogP contribution in [0.2, 0.25) is 0 Å². The van der Waals surface area contributed by atoms with Crippen molar-refractivity contribution < 1.29 is 17.7 Å². The van der Waals surface area contributed by atoms with Crippen molar-refractivity contribution in [3.8, 4) is 0 Å². The van der Waals surface area contributed by atoms with Gasteiger partial charge in [0.15, 0.2) is 0 Å². The topological polar surface area (TPSA) is 63.6 Å². The van der Waals surface area contributed by atoms with Crippen LogP contribution in [0.5, 0.6) is 0 Å². The minimum Gasteiger partial charge on any atom is -0.391 e. The summed E-state index contributed by atoms with van der Waals surface area (Å²) in [6.07, 6.45) is 4.53. The molecular formula is C23H38O4S. The number of hydrogen-bond acceptors (Lipinski definition) is 4. The van der Waals surface area contributed by atoms with Gasteiger partial charge in [-0.3, -0.25) is 4.18 Å². The third-order valence-electron chi connectivity index (χ3n) is 5.83. The number of rotatable bonds is 9. The van der Waals surface area contributed by atoms with E-state index in [9.17, 15) is 13.5 Å². The maximum absolute atomic E-state index is 13.2. The molecule has 0 bridgehead atoms. The van der Waals surface area contributed by atoms with Crippen LogP contribution in [0.1, 0.15) is 108 Å². The van der Waals surface area contributed by atoms with Crippen LogP contribution in [-0.4, -0.2) is 26.2 Å². The number of benzene rings is 1. The molecule has 0 saturated heterocycles. The smallest absolute Gasteiger partial charge is 0.297 e. The minimum absolute atomic E-state index is 0.0630. The Balaban J connectivity index is 2.31. The van der Waals surface area contributed by atoms with Crippen molar-refractivity contribution in [3.05, 3.63) is 28.8 Å². The third kappa shape index (κ3) is 5.80. The molecule has 2 rings (SSSR count). The molecule has 5 heteroatoms. The van der Waals surface area contributed by atoms with E-state index in [2.05, 4.69) is 13.8 Å². The summed E-state index contributed by atoms with van der Waals surface area (Å²) >= 11 is 0. The SMILES string of the molecule is CC(C)c1cc(C(C)C)c(S(=O)(=O)OCC(O)CC2CCCC2)c(C(C)C)c1. The molecule has 1 unspecified atom stereocenters. The van der Waals surface area contributed by atoms with Crippen LogP contribution in [-0.2, 0) is 14.3 Å². The predicted octanol–water partition coefficient (Wildman–Crippen LogP) is 5.70. The van der Waals surface area contributed by atoms with Gasteiger partial charge in [-0.2, -0.15) is 8.42 Å². The van der Waals surface area contributed by atoms with E-state index >= 15 is 0 Å². The highest BCUT2D eigenvalue weighted by Gasteiger charge is 2.29. The van der Waals surface area contributed by atoms with Gasteiger partial charge in [-0.25, -0.2) is 0 Å². The molecule has 1 fully saturated rings. The zero-order valence-corrected chi connectivity index (χ0v) is 19.2. The first-order valence-electron chi connectivity index (χ1n) is 10.8. The van der Waals surface area contributed by atoms with Gasteiger partial charge in [0.25, 0.3) is 10.1 Å². The molecule has 0 aromatic heterocycles. The lowest BCUT2D eigenvalue weighted by Gasteiger charge is -2.23. The van der Waals surface area contributed by atoms with Gasteiger partial charge in [-0.1, -0.05) is 79.4 Å². The molecule has 0 amide bonds. The van der Waals surface area contributed by atoms with Crippen molar-refractivity contribution in [1.82, 2.24) is 0 Å². The van der Waals surface area contributed by atoms with Gasteiger partial charge < -0.3 is 5.11 Å². The Labute approximate surface area is 171 Å². The molecule has 0 spiro atoms. The van der Waals surface area contributed by atoms with E-state index < -0.39 is 16.2 Å². The average Bonchev–Trinajstić information content (AvgIpc) is 3.11. The normalized spacial score (nSPS) is 17.2. The predicted molar refractivity (Wildman–Crippen MR) is 114 cm³/mol. The highest BCUT2D eigenvalue weighted by Crippen LogP contribution is 2.36. The largest absolute Gasteiger partial charge is 0.391 e. The van der Waals surface area contributed by atoms with Gasteiger partial charge in [0.1, 0.15) is 4.90 Å². The molecule has 1 aromatic rings. The highest BCUT2D eigenvalue weighted by atomic mass is 32.2. The average molecular weight is 411 g/mol. The summed E-state index contributed by atoms with van der Waals surface area (Å²) in [6.45, 7) is 12.1. The minimum atomic E-state index is -3.94. The maximum atomic E-state index is 13.2. The van der Waals surface area contributed by atoms with Crippen molar-refractivity contribution in [3.63, 3.8) is 0 Å². The molecule has 1 N–H and O–H groups in total. The van der Waals surface area contributed by atoms with E-state index in [1.165, 1.54) is 12.8 Å². The van der Waals surface area contributed by atoms with E-state index in [4.69, 9.17) is 4.18 Å². The van der Waals surface area contributed by atoms with Crippen molar-refractivity contribution in [2.45, 2.75) is 102 Å². The van der Waals surface area contributed by atoms with Crippen LogP contribution in [0, 0.1) is 5.92 Å². The van der Waals surface area contributed by atoms with Gasteiger partial charge in [-0.15, -0.1) is 0 Å². The Morgan fingerprint density at radius 3 is 1.89 bits per heavy atom. The molecule has 0 radical (unpaired) electrons. The van der Waals surface area contributed by atoms with Crippen LogP contribution in [0.25, 0.3) is 0 Å². The molecule has 1 aromatic carbocycles. The fraction of sp³-hybridized carbons (Fsp3) is 0.739. The second-order valence-electron chi connectivity index (χ2n) is 9.27. The maximum Gasteiger partial charge on any atom is 0.297 e. The molecule has 1 aliphatic rings. The summed E-state index contributed by atoms with van der Waals surface area (Å²) in [4.78, 5) is 0.301. The quantitative estimate of drug-likeness (QED) is 0.530. The molecule has 1 aliphatic carbocycles. The fourth-order valence-electron chi connectivity index (χ4n) is 4.10. The van der Waals surface area contributed by atoms with Crippen LogP contribution >= 0.6 is 0 Å². The lowest BCUT2D eigenvalue weighted by molar-refractivity contribution is 0.0881. The van der Waals surface area contributed by atoms with Crippen molar-refractivity contribution in [2.75, 3.05) is 6.61 Å². The third-order valence-corrected chi connectivity index (χ3v) is 7.24. The van der Waals surface area contributed by atoms with Crippen LogP contribution in [0.15, 0.2) is 17.0 Å². The van der Waals surface area contributed by atoms with E-state index in [0.29, 0.717) is 23.2 Å². The molecule has 28 heavy (non-hydrogen) atoms. The Morgan fingerprint density at radius 2 is 1.46 bits per heavy atom.